The fourth-order valence-electron chi connectivity index (χ4n) is 0.779. The van der Waals surface area contributed by atoms with Gasteiger partial charge >= 0.3 is 6.36 Å². The molecule has 1 aromatic heterocycles. The van der Waals surface area contributed by atoms with E-state index in [0.717, 1.165) is 12.3 Å². The monoisotopic (exact) mass is 205 g/mol. The van der Waals surface area contributed by atoms with Gasteiger partial charge in [0, 0.05) is 0 Å². The molecule has 1 N–H and O–H groups in total. The summed E-state index contributed by atoms with van der Waals surface area (Å²) in [6.45, 7) is 0.0479. The van der Waals surface area contributed by atoms with Crippen LogP contribution >= 0.6 is 0 Å². The molecule has 7 heteroatoms. The predicted octanol–water partition coefficient (Wildman–Crippen LogP) is 2.51. The van der Waals surface area contributed by atoms with Gasteiger partial charge in [0.05, 0.1) is 11.9 Å². The highest BCUT2D eigenvalue weighted by Gasteiger charge is 2.31. The van der Waals surface area contributed by atoms with Crippen LogP contribution in [0.15, 0.2) is 23.4 Å². The van der Waals surface area contributed by atoms with Crippen molar-refractivity contribution in [1.82, 2.24) is 4.98 Å². The first-order valence-corrected chi connectivity index (χ1v) is 3.55. The van der Waals surface area contributed by atoms with E-state index in [1.165, 1.54) is 6.07 Å². The van der Waals surface area contributed by atoms with Crippen LogP contribution in [0.1, 0.15) is 5.69 Å². The number of rotatable bonds is 3. The van der Waals surface area contributed by atoms with Crippen LogP contribution < -0.4 is 4.74 Å². The predicted molar refractivity (Wildman–Crippen MR) is 39.8 cm³/mol. The third kappa shape index (κ3) is 3.38. The maximum absolute atomic E-state index is 11.7. The molecule has 0 saturated carbocycles. The fourth-order valence-corrected chi connectivity index (χ4v) is 0.779. The highest BCUT2D eigenvalue weighted by molar-refractivity contribution is 5.19. The van der Waals surface area contributed by atoms with E-state index in [1.807, 2.05) is 0 Å². The molecular weight excluding hydrogens is 199 g/mol. The zero-order valence-electron chi connectivity index (χ0n) is 6.88. The molecule has 76 valence electrons. The average Bonchev–Trinajstić information content (AvgIpc) is 2.06. The molecule has 4 nitrogen and oxygen atoms in total. The van der Waals surface area contributed by atoms with E-state index in [-0.39, 0.29) is 12.3 Å². The van der Waals surface area contributed by atoms with Gasteiger partial charge in [0.25, 0.3) is 0 Å². The number of nitrogens with zero attached hydrogens (tertiary/aromatic N) is 2. The molecule has 0 unspecified atom stereocenters. The van der Waals surface area contributed by atoms with Gasteiger partial charge in [-0.25, -0.2) is 5.53 Å². The molecule has 0 spiro atoms. The minimum atomic E-state index is -4.71. The molecule has 0 radical (unpaired) electrons. The number of pyridine rings is 1. The van der Waals surface area contributed by atoms with Crippen molar-refractivity contribution in [3.05, 3.63) is 24.0 Å². The maximum atomic E-state index is 11.7. The highest BCUT2D eigenvalue weighted by atomic mass is 19.4. The van der Waals surface area contributed by atoms with Crippen LogP contribution in [0.3, 0.4) is 0 Å². The number of ether oxygens (including phenoxy) is 1. The third-order valence-corrected chi connectivity index (χ3v) is 1.27. The topological polar surface area (TPSA) is 58.3 Å². The quantitative estimate of drug-likeness (QED) is 0.770. The Kier molecular flexibility index (Phi) is 3.00. The van der Waals surface area contributed by atoms with Crippen molar-refractivity contribution < 1.29 is 17.9 Å². The first-order valence-electron chi connectivity index (χ1n) is 3.55. The molecule has 0 atom stereocenters. The normalized spacial score (nSPS) is 11.1. The molecule has 0 aromatic carbocycles. The van der Waals surface area contributed by atoms with E-state index in [1.54, 1.807) is 0 Å². The zero-order valence-corrected chi connectivity index (χ0v) is 6.88. The van der Waals surface area contributed by atoms with E-state index < -0.39 is 6.36 Å². The van der Waals surface area contributed by atoms with Crippen molar-refractivity contribution >= 4 is 0 Å². The molecule has 0 aliphatic carbocycles. The number of alkyl halides is 3. The number of hydrogen-bond donors (Lipinski definition) is 1. The second-order valence-corrected chi connectivity index (χ2v) is 2.35. The van der Waals surface area contributed by atoms with Crippen LogP contribution in [-0.4, -0.2) is 11.3 Å². The Bertz CT molecular complexity index is 309. The number of halogens is 3. The Morgan fingerprint density at radius 1 is 1.43 bits per heavy atom. The van der Waals surface area contributed by atoms with E-state index in [0.29, 0.717) is 5.69 Å². The van der Waals surface area contributed by atoms with Crippen molar-refractivity contribution in [2.45, 2.75) is 12.9 Å². The van der Waals surface area contributed by atoms with Gasteiger partial charge in [0.2, 0.25) is 0 Å². The minimum Gasteiger partial charge on any atom is -0.404 e. The van der Waals surface area contributed by atoms with E-state index in [4.69, 9.17) is 5.53 Å². The second kappa shape index (κ2) is 4.03. The highest BCUT2D eigenvalue weighted by Crippen LogP contribution is 2.21. The number of nitrogens with one attached hydrogen (secondary N) is 1. The van der Waals surface area contributed by atoms with Crippen molar-refractivity contribution in [1.29, 1.82) is 5.53 Å². The lowest BCUT2D eigenvalue weighted by Gasteiger charge is -2.07. The summed E-state index contributed by atoms with van der Waals surface area (Å²) in [4.78, 5) is 3.61. The number of aromatic nitrogens is 1. The second-order valence-electron chi connectivity index (χ2n) is 2.35. The molecule has 1 heterocycles. The van der Waals surface area contributed by atoms with Crippen LogP contribution in [0, 0.1) is 5.53 Å². The summed E-state index contributed by atoms with van der Waals surface area (Å²) in [6.07, 6.45) is -3.77. The molecular formula is C7H6F3N3O. The molecule has 1 aromatic rings. The Hall–Kier alpha value is -1.66. The lowest BCUT2D eigenvalue weighted by atomic mass is 10.3. The van der Waals surface area contributed by atoms with Crippen molar-refractivity contribution in [3.8, 4) is 5.75 Å². The van der Waals surface area contributed by atoms with Gasteiger partial charge in [-0.15, -0.1) is 13.2 Å². The maximum Gasteiger partial charge on any atom is 0.573 e. The Morgan fingerprint density at radius 2 is 2.14 bits per heavy atom. The van der Waals surface area contributed by atoms with E-state index in [9.17, 15) is 13.2 Å². The van der Waals surface area contributed by atoms with Gasteiger partial charge < -0.3 is 4.74 Å². The van der Waals surface area contributed by atoms with Crippen molar-refractivity contribution in [2.24, 2.45) is 5.11 Å². The molecule has 0 fully saturated rings. The van der Waals surface area contributed by atoms with Crippen molar-refractivity contribution in [3.63, 3.8) is 0 Å². The largest absolute Gasteiger partial charge is 0.573 e. The lowest BCUT2D eigenvalue weighted by molar-refractivity contribution is -0.274. The summed E-state index contributed by atoms with van der Waals surface area (Å²) in [5, 5.41) is 3.03. The summed E-state index contributed by atoms with van der Waals surface area (Å²) in [5.41, 5.74) is 6.92. The van der Waals surface area contributed by atoms with Crippen LogP contribution in [0.4, 0.5) is 13.2 Å². The number of hydrogen-bond acceptors (Lipinski definition) is 4. The SMILES string of the molecule is N=NCc1ccc(OC(F)(F)F)cn1. The molecule has 0 saturated heterocycles. The lowest BCUT2D eigenvalue weighted by Crippen LogP contribution is -2.17. The van der Waals surface area contributed by atoms with Crippen molar-refractivity contribution in [2.75, 3.05) is 0 Å². The van der Waals surface area contributed by atoms with Gasteiger partial charge in [-0.2, -0.15) is 5.11 Å². The molecule has 14 heavy (non-hydrogen) atoms. The molecule has 0 amide bonds. The minimum absolute atomic E-state index is 0.0479. The average molecular weight is 205 g/mol. The standard InChI is InChI=1S/C7H6F3N3O/c8-7(9,10)14-6-2-1-5(3-13-11)12-4-6/h1-2,4,11H,3H2. The van der Waals surface area contributed by atoms with E-state index >= 15 is 0 Å². The summed E-state index contributed by atoms with van der Waals surface area (Å²) in [5.74, 6) is -0.383. The molecule has 0 aliphatic heterocycles. The van der Waals surface area contributed by atoms with Gasteiger partial charge in [-0.3, -0.25) is 4.98 Å². The molecule has 1 rings (SSSR count). The van der Waals surface area contributed by atoms with E-state index in [2.05, 4.69) is 14.8 Å². The van der Waals surface area contributed by atoms with Gasteiger partial charge in [0.15, 0.2) is 0 Å². The van der Waals surface area contributed by atoms with Gasteiger partial charge in [0.1, 0.15) is 12.3 Å². The first-order chi connectivity index (χ1) is 6.51. The van der Waals surface area contributed by atoms with Crippen LogP contribution in [0.25, 0.3) is 0 Å². The Labute approximate surface area is 77.2 Å². The van der Waals surface area contributed by atoms with Gasteiger partial charge in [-0.1, -0.05) is 0 Å². The smallest absolute Gasteiger partial charge is 0.404 e. The molecule has 0 aliphatic rings. The fraction of sp³-hybridized carbons (Fsp3) is 0.286. The Morgan fingerprint density at radius 3 is 2.57 bits per heavy atom. The summed E-state index contributed by atoms with van der Waals surface area (Å²) in [6, 6.07) is 2.44. The summed E-state index contributed by atoms with van der Waals surface area (Å²) >= 11 is 0. The third-order valence-electron chi connectivity index (χ3n) is 1.27. The van der Waals surface area contributed by atoms with Crippen LogP contribution in [0.2, 0.25) is 0 Å². The van der Waals surface area contributed by atoms with Crippen LogP contribution in [0.5, 0.6) is 5.75 Å². The molecule has 0 bridgehead atoms. The summed E-state index contributed by atoms with van der Waals surface area (Å²) in [7, 11) is 0. The van der Waals surface area contributed by atoms with Crippen LogP contribution in [-0.2, 0) is 6.54 Å². The zero-order chi connectivity index (χ0) is 10.6. The van der Waals surface area contributed by atoms with Gasteiger partial charge in [-0.05, 0) is 12.1 Å². The summed E-state index contributed by atoms with van der Waals surface area (Å²) < 4.78 is 38.7. The first kappa shape index (κ1) is 10.4. The Balaban J connectivity index is 2.68.